The highest BCUT2D eigenvalue weighted by Crippen LogP contribution is 2.30. The summed E-state index contributed by atoms with van der Waals surface area (Å²) in [5.41, 5.74) is 1.22. The first-order chi connectivity index (χ1) is 5.74. The van der Waals surface area contributed by atoms with Gasteiger partial charge in [-0.2, -0.15) is 11.8 Å². The molecule has 2 nitrogen and oxygen atoms in total. The number of ether oxygens (including phenoxy) is 1. The molecule has 0 aromatic rings. The van der Waals surface area contributed by atoms with Crippen LogP contribution in [0.25, 0.3) is 0 Å². The van der Waals surface area contributed by atoms with Crippen LogP contribution in [0.1, 0.15) is 20.3 Å². The number of esters is 1. The molecule has 0 radical (unpaired) electrons. The fourth-order valence-electron chi connectivity index (χ4n) is 1.19. The highest BCUT2D eigenvalue weighted by Gasteiger charge is 2.17. The third-order valence-corrected chi connectivity index (χ3v) is 3.11. The lowest BCUT2D eigenvalue weighted by Crippen LogP contribution is -2.03. The number of carbonyl (C=O) groups is 1. The van der Waals surface area contributed by atoms with Crippen molar-refractivity contribution in [3.8, 4) is 0 Å². The minimum absolute atomic E-state index is 0.193. The molecule has 0 spiro atoms. The normalized spacial score (nSPS) is 26.2. The van der Waals surface area contributed by atoms with Gasteiger partial charge < -0.3 is 4.74 Å². The SMILES string of the molecule is CCOC(=O)/C=C1/CCSC1C. The van der Waals surface area contributed by atoms with Gasteiger partial charge in [0, 0.05) is 11.3 Å². The predicted octanol–water partition coefficient (Wildman–Crippen LogP) is 2.00. The van der Waals surface area contributed by atoms with Gasteiger partial charge in [-0.25, -0.2) is 4.79 Å². The van der Waals surface area contributed by atoms with E-state index in [9.17, 15) is 4.79 Å². The summed E-state index contributed by atoms with van der Waals surface area (Å²) < 4.78 is 4.83. The first-order valence-corrected chi connectivity index (χ1v) is 5.27. The lowest BCUT2D eigenvalue weighted by atomic mass is 10.1. The molecule has 1 rings (SSSR count). The Labute approximate surface area is 77.4 Å². The maximum Gasteiger partial charge on any atom is 0.330 e. The molecule has 1 unspecified atom stereocenters. The van der Waals surface area contributed by atoms with E-state index in [1.165, 1.54) is 5.57 Å². The monoisotopic (exact) mass is 186 g/mol. The second kappa shape index (κ2) is 4.55. The molecule has 3 heteroatoms. The number of rotatable bonds is 2. The maximum atomic E-state index is 11.0. The van der Waals surface area contributed by atoms with Gasteiger partial charge in [-0.15, -0.1) is 0 Å². The van der Waals surface area contributed by atoms with Gasteiger partial charge >= 0.3 is 5.97 Å². The number of thioether (sulfide) groups is 1. The van der Waals surface area contributed by atoms with Gasteiger partial charge in [-0.05, 0) is 31.6 Å². The van der Waals surface area contributed by atoms with Crippen molar-refractivity contribution >= 4 is 17.7 Å². The third kappa shape index (κ3) is 2.55. The van der Waals surface area contributed by atoms with E-state index in [-0.39, 0.29) is 5.97 Å². The third-order valence-electron chi connectivity index (χ3n) is 1.87. The molecule has 0 aromatic heterocycles. The fourth-order valence-corrected chi connectivity index (χ4v) is 2.30. The van der Waals surface area contributed by atoms with Gasteiger partial charge in [0.25, 0.3) is 0 Å². The van der Waals surface area contributed by atoms with Crippen LogP contribution in [-0.2, 0) is 9.53 Å². The zero-order valence-corrected chi connectivity index (χ0v) is 8.32. The van der Waals surface area contributed by atoms with Crippen LogP contribution in [0.5, 0.6) is 0 Å². The van der Waals surface area contributed by atoms with E-state index in [1.807, 2.05) is 18.7 Å². The van der Waals surface area contributed by atoms with Crippen molar-refractivity contribution < 1.29 is 9.53 Å². The van der Waals surface area contributed by atoms with Crippen molar-refractivity contribution in [3.05, 3.63) is 11.6 Å². The summed E-state index contributed by atoms with van der Waals surface area (Å²) in [6.07, 6.45) is 2.68. The molecule has 1 fully saturated rings. The molecule has 0 N–H and O–H groups in total. The van der Waals surface area contributed by atoms with E-state index >= 15 is 0 Å². The van der Waals surface area contributed by atoms with Gasteiger partial charge in [0.2, 0.25) is 0 Å². The Kier molecular flexibility index (Phi) is 3.66. The molecule has 1 heterocycles. The maximum absolute atomic E-state index is 11.0. The first kappa shape index (κ1) is 9.65. The summed E-state index contributed by atoms with van der Waals surface area (Å²) in [4.78, 5) is 11.0. The molecule has 12 heavy (non-hydrogen) atoms. The fraction of sp³-hybridized carbons (Fsp3) is 0.667. The Balaban J connectivity index is 2.49. The van der Waals surface area contributed by atoms with Crippen molar-refractivity contribution in [2.45, 2.75) is 25.5 Å². The molecule has 1 saturated heterocycles. The van der Waals surface area contributed by atoms with E-state index in [4.69, 9.17) is 4.74 Å². The van der Waals surface area contributed by atoms with Gasteiger partial charge in [0.1, 0.15) is 0 Å². The Morgan fingerprint density at radius 1 is 1.83 bits per heavy atom. The molecule has 68 valence electrons. The number of hydrogen-bond acceptors (Lipinski definition) is 3. The van der Waals surface area contributed by atoms with Crippen LogP contribution < -0.4 is 0 Å². The zero-order chi connectivity index (χ0) is 8.97. The van der Waals surface area contributed by atoms with Crippen molar-refractivity contribution in [2.75, 3.05) is 12.4 Å². The quantitative estimate of drug-likeness (QED) is 0.487. The largest absolute Gasteiger partial charge is 0.463 e. The number of hydrogen-bond donors (Lipinski definition) is 0. The van der Waals surface area contributed by atoms with E-state index in [0.29, 0.717) is 11.9 Å². The Morgan fingerprint density at radius 2 is 2.58 bits per heavy atom. The Bertz CT molecular complexity index is 199. The van der Waals surface area contributed by atoms with Crippen LogP contribution in [0.4, 0.5) is 0 Å². The minimum Gasteiger partial charge on any atom is -0.463 e. The molecular formula is C9H14O2S. The van der Waals surface area contributed by atoms with Gasteiger partial charge in [0.05, 0.1) is 6.61 Å². The van der Waals surface area contributed by atoms with Gasteiger partial charge in [0.15, 0.2) is 0 Å². The van der Waals surface area contributed by atoms with Crippen LogP contribution in [-0.4, -0.2) is 23.6 Å². The van der Waals surface area contributed by atoms with E-state index < -0.39 is 0 Å². The smallest absolute Gasteiger partial charge is 0.330 e. The van der Waals surface area contributed by atoms with Gasteiger partial charge in [-0.3, -0.25) is 0 Å². The Morgan fingerprint density at radius 3 is 3.08 bits per heavy atom. The standard InChI is InChI=1S/C9H14O2S/c1-3-11-9(10)6-8-4-5-12-7(8)2/h6-7H,3-5H2,1-2H3/b8-6-. The van der Waals surface area contributed by atoms with Crippen molar-refractivity contribution in [1.29, 1.82) is 0 Å². The highest BCUT2D eigenvalue weighted by molar-refractivity contribution is 8.00. The minimum atomic E-state index is -0.193. The molecule has 0 bridgehead atoms. The summed E-state index contributed by atoms with van der Waals surface area (Å²) in [5.74, 6) is 0.939. The molecular weight excluding hydrogens is 172 g/mol. The van der Waals surface area contributed by atoms with Crippen LogP contribution >= 0.6 is 11.8 Å². The molecule has 1 aliphatic heterocycles. The van der Waals surface area contributed by atoms with Crippen molar-refractivity contribution in [2.24, 2.45) is 0 Å². The van der Waals surface area contributed by atoms with Crippen molar-refractivity contribution in [3.63, 3.8) is 0 Å². The van der Waals surface area contributed by atoms with Crippen LogP contribution in [0.15, 0.2) is 11.6 Å². The lowest BCUT2D eigenvalue weighted by Gasteiger charge is -2.02. The van der Waals surface area contributed by atoms with Crippen LogP contribution in [0.3, 0.4) is 0 Å². The molecule has 0 aliphatic carbocycles. The highest BCUT2D eigenvalue weighted by atomic mass is 32.2. The van der Waals surface area contributed by atoms with Crippen molar-refractivity contribution in [1.82, 2.24) is 0 Å². The van der Waals surface area contributed by atoms with Crippen LogP contribution in [0, 0.1) is 0 Å². The molecule has 1 aliphatic rings. The molecule has 0 aromatic carbocycles. The Hall–Kier alpha value is -0.440. The second-order valence-corrected chi connectivity index (χ2v) is 4.18. The van der Waals surface area contributed by atoms with E-state index in [2.05, 4.69) is 6.92 Å². The predicted molar refractivity (Wildman–Crippen MR) is 51.3 cm³/mol. The summed E-state index contributed by atoms with van der Waals surface area (Å²) in [6, 6.07) is 0. The summed E-state index contributed by atoms with van der Waals surface area (Å²) in [5, 5.41) is 0.495. The summed E-state index contributed by atoms with van der Waals surface area (Å²) in [7, 11) is 0. The molecule has 0 amide bonds. The van der Waals surface area contributed by atoms with E-state index in [1.54, 1.807) is 6.08 Å². The average Bonchev–Trinajstić information content (AvgIpc) is 2.37. The van der Waals surface area contributed by atoms with E-state index in [0.717, 1.165) is 12.2 Å². The van der Waals surface area contributed by atoms with Crippen LogP contribution in [0.2, 0.25) is 0 Å². The molecule has 1 atom stereocenters. The second-order valence-electron chi connectivity index (χ2n) is 2.73. The lowest BCUT2D eigenvalue weighted by molar-refractivity contribution is -0.137. The number of carbonyl (C=O) groups excluding carboxylic acids is 1. The summed E-state index contributed by atoms with van der Waals surface area (Å²) >= 11 is 1.89. The van der Waals surface area contributed by atoms with Gasteiger partial charge in [-0.1, -0.05) is 0 Å². The summed E-state index contributed by atoms with van der Waals surface area (Å²) in [6.45, 7) is 4.41. The zero-order valence-electron chi connectivity index (χ0n) is 7.50. The molecule has 0 saturated carbocycles. The first-order valence-electron chi connectivity index (χ1n) is 4.23. The topological polar surface area (TPSA) is 26.3 Å². The average molecular weight is 186 g/mol.